The SMILES string of the molecule is O=C(c1nc2c(C(F)(F)F)cc(Br)cn2c1Cl)N1CC[C@@H](N2CCOC2=O)[C@@H](O)C1. The number of hydrogen-bond acceptors (Lipinski definition) is 5. The highest BCUT2D eigenvalue weighted by atomic mass is 79.9. The summed E-state index contributed by atoms with van der Waals surface area (Å²) in [5.41, 5.74) is -1.87. The van der Waals surface area contributed by atoms with Crippen molar-refractivity contribution >= 4 is 45.2 Å². The van der Waals surface area contributed by atoms with Gasteiger partial charge in [0.1, 0.15) is 11.8 Å². The average molecular weight is 512 g/mol. The Kier molecular flexibility index (Phi) is 5.35. The molecule has 1 N–H and O–H groups in total. The van der Waals surface area contributed by atoms with Gasteiger partial charge in [-0.2, -0.15) is 13.2 Å². The van der Waals surface area contributed by atoms with Crippen LogP contribution in [-0.2, 0) is 10.9 Å². The monoisotopic (exact) mass is 510 g/mol. The molecule has 2 atom stereocenters. The first-order chi connectivity index (χ1) is 14.1. The number of β-amino-alcohol motifs (C(OH)–C–C–N with tert-alkyl or cyclic N) is 1. The number of rotatable bonds is 2. The van der Waals surface area contributed by atoms with Gasteiger partial charge in [-0.05, 0) is 28.4 Å². The first-order valence-electron chi connectivity index (χ1n) is 8.93. The number of pyridine rings is 1. The molecular formula is C17H15BrClF3N4O4. The summed E-state index contributed by atoms with van der Waals surface area (Å²) in [5, 5.41) is 10.2. The molecule has 2 saturated heterocycles. The fraction of sp³-hybridized carbons (Fsp3) is 0.471. The van der Waals surface area contributed by atoms with Gasteiger partial charge in [0.2, 0.25) is 0 Å². The molecule has 0 unspecified atom stereocenters. The molecule has 2 aliphatic heterocycles. The lowest BCUT2D eigenvalue weighted by Crippen LogP contribution is -2.55. The van der Waals surface area contributed by atoms with Crippen molar-refractivity contribution in [3.63, 3.8) is 0 Å². The second kappa shape index (κ2) is 7.57. The van der Waals surface area contributed by atoms with Crippen LogP contribution in [0.15, 0.2) is 16.7 Å². The number of aliphatic hydroxyl groups is 1. The number of carbonyl (C=O) groups is 2. The van der Waals surface area contributed by atoms with Crippen LogP contribution in [0.5, 0.6) is 0 Å². The molecule has 0 bridgehead atoms. The zero-order valence-electron chi connectivity index (χ0n) is 15.2. The fourth-order valence-corrected chi connectivity index (χ4v) is 4.44. The lowest BCUT2D eigenvalue weighted by molar-refractivity contribution is -0.136. The number of aromatic nitrogens is 2. The van der Waals surface area contributed by atoms with E-state index in [4.69, 9.17) is 16.3 Å². The molecule has 0 radical (unpaired) electrons. The van der Waals surface area contributed by atoms with Crippen LogP contribution in [0.25, 0.3) is 5.65 Å². The molecule has 0 spiro atoms. The first-order valence-corrected chi connectivity index (χ1v) is 10.1. The van der Waals surface area contributed by atoms with E-state index in [0.29, 0.717) is 6.54 Å². The average Bonchev–Trinajstić information content (AvgIpc) is 3.23. The molecule has 4 heterocycles. The lowest BCUT2D eigenvalue weighted by atomic mass is 10.00. The van der Waals surface area contributed by atoms with Crippen LogP contribution in [-0.4, -0.2) is 74.7 Å². The van der Waals surface area contributed by atoms with Crippen molar-refractivity contribution in [1.29, 1.82) is 0 Å². The van der Waals surface area contributed by atoms with Crippen molar-refractivity contribution in [3.8, 4) is 0 Å². The minimum Gasteiger partial charge on any atom is -0.448 e. The number of ether oxygens (including phenoxy) is 1. The predicted octanol–water partition coefficient (Wildman–Crippen LogP) is 2.80. The fourth-order valence-electron chi connectivity index (χ4n) is 3.75. The van der Waals surface area contributed by atoms with Gasteiger partial charge in [0.25, 0.3) is 5.91 Å². The van der Waals surface area contributed by atoms with Gasteiger partial charge in [-0.15, -0.1) is 0 Å². The third-order valence-electron chi connectivity index (χ3n) is 5.16. The van der Waals surface area contributed by atoms with Crippen molar-refractivity contribution < 1.29 is 32.6 Å². The highest BCUT2D eigenvalue weighted by Gasteiger charge is 2.40. The Morgan fingerprint density at radius 2 is 2.10 bits per heavy atom. The maximum Gasteiger partial charge on any atom is 0.420 e. The maximum absolute atomic E-state index is 13.4. The van der Waals surface area contributed by atoms with E-state index in [1.54, 1.807) is 0 Å². The van der Waals surface area contributed by atoms with Crippen LogP contribution in [0.3, 0.4) is 0 Å². The molecule has 0 aliphatic carbocycles. The zero-order valence-corrected chi connectivity index (χ0v) is 17.5. The number of fused-ring (bicyclic) bond motifs is 1. The van der Waals surface area contributed by atoms with Gasteiger partial charge in [-0.3, -0.25) is 14.1 Å². The molecular weight excluding hydrogens is 497 g/mol. The van der Waals surface area contributed by atoms with Crippen LogP contribution < -0.4 is 0 Å². The van der Waals surface area contributed by atoms with Gasteiger partial charge in [0.05, 0.1) is 24.3 Å². The van der Waals surface area contributed by atoms with Crippen molar-refractivity contribution in [2.24, 2.45) is 0 Å². The normalized spacial score (nSPS) is 22.7. The Bertz CT molecular complexity index is 1030. The molecule has 2 aromatic rings. The van der Waals surface area contributed by atoms with Crippen LogP contribution in [0.2, 0.25) is 5.15 Å². The molecule has 30 heavy (non-hydrogen) atoms. The van der Waals surface area contributed by atoms with Crippen LogP contribution in [0.4, 0.5) is 18.0 Å². The van der Waals surface area contributed by atoms with E-state index in [0.717, 1.165) is 10.5 Å². The Morgan fingerprint density at radius 3 is 2.70 bits per heavy atom. The first kappa shape index (κ1) is 21.2. The van der Waals surface area contributed by atoms with Crippen molar-refractivity contribution in [2.75, 3.05) is 26.2 Å². The van der Waals surface area contributed by atoms with Gasteiger partial charge in [-0.25, -0.2) is 9.78 Å². The van der Waals surface area contributed by atoms with E-state index in [1.807, 2.05) is 0 Å². The molecule has 2 aromatic heterocycles. The molecule has 8 nitrogen and oxygen atoms in total. The molecule has 2 fully saturated rings. The van der Waals surface area contributed by atoms with Crippen molar-refractivity contribution in [3.05, 3.63) is 33.1 Å². The third kappa shape index (κ3) is 3.60. The number of likely N-dealkylation sites (tertiary alicyclic amines) is 1. The third-order valence-corrected chi connectivity index (χ3v) is 5.96. The molecule has 4 rings (SSSR count). The number of imidazole rings is 1. The van der Waals surface area contributed by atoms with Gasteiger partial charge in [0.15, 0.2) is 11.3 Å². The summed E-state index contributed by atoms with van der Waals surface area (Å²) in [5.74, 6) is -0.700. The van der Waals surface area contributed by atoms with Gasteiger partial charge >= 0.3 is 12.3 Å². The maximum atomic E-state index is 13.4. The van der Waals surface area contributed by atoms with Crippen molar-refractivity contribution in [2.45, 2.75) is 24.7 Å². The number of hydrogen-bond donors (Lipinski definition) is 1. The number of amides is 2. The number of cyclic esters (lactones) is 1. The van der Waals surface area contributed by atoms with Gasteiger partial charge < -0.3 is 14.7 Å². The smallest absolute Gasteiger partial charge is 0.420 e. The minimum atomic E-state index is -4.70. The molecule has 2 amide bonds. The molecule has 162 valence electrons. The number of halogens is 5. The summed E-state index contributed by atoms with van der Waals surface area (Å²) in [6, 6.07) is 0.352. The number of alkyl halides is 3. The van der Waals surface area contributed by atoms with Gasteiger partial charge in [0, 0.05) is 23.8 Å². The summed E-state index contributed by atoms with van der Waals surface area (Å²) >= 11 is 9.19. The van der Waals surface area contributed by atoms with Crippen LogP contribution in [0.1, 0.15) is 22.5 Å². The summed E-state index contributed by atoms with van der Waals surface area (Å²) in [7, 11) is 0. The minimum absolute atomic E-state index is 0.118. The predicted molar refractivity (Wildman–Crippen MR) is 101 cm³/mol. The van der Waals surface area contributed by atoms with Crippen LogP contribution in [0, 0.1) is 0 Å². The number of piperidine rings is 1. The summed E-state index contributed by atoms with van der Waals surface area (Å²) < 4.78 is 46.1. The highest BCUT2D eigenvalue weighted by Crippen LogP contribution is 2.36. The highest BCUT2D eigenvalue weighted by molar-refractivity contribution is 9.10. The molecule has 2 aliphatic rings. The number of aliphatic hydroxyl groups excluding tert-OH is 1. The van der Waals surface area contributed by atoms with Crippen molar-refractivity contribution in [1.82, 2.24) is 19.2 Å². The van der Waals surface area contributed by atoms with E-state index in [2.05, 4.69) is 20.9 Å². The topological polar surface area (TPSA) is 87.4 Å². The second-order valence-corrected chi connectivity index (χ2v) is 8.27. The Balaban J connectivity index is 1.61. The van der Waals surface area contributed by atoms with E-state index in [1.165, 1.54) is 16.0 Å². The standard InChI is InChI=1S/C17H15BrClF3N4O4/c18-8-5-9(17(20,21)22)14-23-12(13(19)26(14)6-8)15(28)24-2-1-10(11(27)7-24)25-3-4-30-16(25)29/h5-6,10-11,27H,1-4,7H2/t10-,11+/m1/s1. The quantitative estimate of drug-likeness (QED) is 0.670. The molecule has 0 aromatic carbocycles. The lowest BCUT2D eigenvalue weighted by Gasteiger charge is -2.38. The van der Waals surface area contributed by atoms with E-state index >= 15 is 0 Å². The van der Waals surface area contributed by atoms with E-state index in [9.17, 15) is 27.9 Å². The Hall–Kier alpha value is -2.05. The van der Waals surface area contributed by atoms with Gasteiger partial charge in [-0.1, -0.05) is 11.6 Å². The largest absolute Gasteiger partial charge is 0.448 e. The summed E-state index contributed by atoms with van der Waals surface area (Å²) in [6.07, 6.45) is -4.68. The van der Waals surface area contributed by atoms with E-state index in [-0.39, 0.29) is 41.4 Å². The summed E-state index contributed by atoms with van der Waals surface area (Å²) in [6.45, 7) is 0.637. The second-order valence-electron chi connectivity index (χ2n) is 7.00. The summed E-state index contributed by atoms with van der Waals surface area (Å²) in [4.78, 5) is 31.2. The zero-order chi connectivity index (χ0) is 21.8. The number of carbonyl (C=O) groups excluding carboxylic acids is 2. The Morgan fingerprint density at radius 1 is 1.37 bits per heavy atom. The molecule has 13 heteroatoms. The Labute approximate surface area is 181 Å². The molecule has 0 saturated carbocycles. The van der Waals surface area contributed by atoms with E-state index < -0.39 is 41.5 Å². The van der Waals surface area contributed by atoms with Crippen LogP contribution >= 0.6 is 27.5 Å². The number of nitrogens with zero attached hydrogens (tertiary/aromatic N) is 4.